The summed E-state index contributed by atoms with van der Waals surface area (Å²) in [6.45, 7) is 12.6. The first kappa shape index (κ1) is 24.9. The number of nitrogens with zero attached hydrogens (tertiary/aromatic N) is 2. The summed E-state index contributed by atoms with van der Waals surface area (Å²) in [7, 11) is -4.08. The van der Waals surface area contributed by atoms with E-state index in [0.717, 1.165) is 19.6 Å². The molecule has 0 N–H and O–H groups in total. The Labute approximate surface area is 204 Å². The molecule has 32 heavy (non-hydrogen) atoms. The molecule has 1 heterocycles. The summed E-state index contributed by atoms with van der Waals surface area (Å²) in [5.41, 5.74) is 2.60. The van der Waals surface area contributed by atoms with Crippen molar-refractivity contribution in [3.8, 4) is 0 Å². The molecule has 6 nitrogen and oxygen atoms in total. The zero-order valence-electron chi connectivity index (χ0n) is 19.5. The Balaban J connectivity index is 2.16. The summed E-state index contributed by atoms with van der Waals surface area (Å²) in [4.78, 5) is 27.7. The third-order valence-electron chi connectivity index (χ3n) is 5.97. The number of carbonyl (C=O) groups is 2. The Morgan fingerprint density at radius 3 is 1.94 bits per heavy atom. The Kier molecular flexibility index (Phi) is 6.63. The van der Waals surface area contributed by atoms with E-state index in [1.54, 1.807) is 46.8 Å². The average molecular weight is 568 g/mol. The third-order valence-corrected chi connectivity index (χ3v) is 9.13. The van der Waals surface area contributed by atoms with E-state index in [4.69, 9.17) is 0 Å². The molecule has 3 rings (SSSR count). The lowest BCUT2D eigenvalue weighted by Crippen LogP contribution is -2.54. The Bertz CT molecular complexity index is 1170. The SMILES string of the molecule is Cc1cc(C)c(C)c(S(=O)(=O)N(C2CC(=O)N(c3ccc(I)cc3)C2=O)C(C)(C)C)c1C. The van der Waals surface area contributed by atoms with E-state index in [0.29, 0.717) is 16.8 Å². The summed E-state index contributed by atoms with van der Waals surface area (Å²) in [5.74, 6) is -0.922. The average Bonchev–Trinajstić information content (AvgIpc) is 2.93. The number of carbonyl (C=O) groups excluding carboxylic acids is 2. The minimum atomic E-state index is -4.08. The number of hydrogen-bond donors (Lipinski definition) is 0. The van der Waals surface area contributed by atoms with Gasteiger partial charge in [0.25, 0.3) is 5.91 Å². The van der Waals surface area contributed by atoms with Crippen LogP contribution < -0.4 is 4.90 Å². The topological polar surface area (TPSA) is 74.8 Å². The zero-order chi connectivity index (χ0) is 24.2. The summed E-state index contributed by atoms with van der Waals surface area (Å²) in [6, 6.07) is 7.89. The first-order chi connectivity index (χ1) is 14.7. The molecule has 8 heteroatoms. The highest BCUT2D eigenvalue weighted by Gasteiger charge is 2.51. The number of amides is 2. The summed E-state index contributed by atoms with van der Waals surface area (Å²) in [6.07, 6.45) is -0.190. The van der Waals surface area contributed by atoms with Crippen molar-refractivity contribution in [3.63, 3.8) is 0 Å². The largest absolute Gasteiger partial charge is 0.274 e. The number of sulfonamides is 1. The first-order valence-corrected chi connectivity index (χ1v) is 12.9. The number of benzene rings is 2. The van der Waals surface area contributed by atoms with Crippen LogP contribution in [-0.4, -0.2) is 36.1 Å². The van der Waals surface area contributed by atoms with E-state index < -0.39 is 33.4 Å². The summed E-state index contributed by atoms with van der Waals surface area (Å²) in [5, 5.41) is 0. The van der Waals surface area contributed by atoms with Crippen molar-refractivity contribution in [2.24, 2.45) is 0 Å². The Hall–Kier alpha value is -1.78. The molecule has 1 aliphatic heterocycles. The lowest BCUT2D eigenvalue weighted by atomic mass is 10.0. The second-order valence-electron chi connectivity index (χ2n) is 9.32. The van der Waals surface area contributed by atoms with Gasteiger partial charge in [0.15, 0.2) is 0 Å². The molecule has 0 spiro atoms. The maximum atomic E-state index is 14.1. The quantitative estimate of drug-likeness (QED) is 0.398. The molecule has 2 aromatic rings. The summed E-state index contributed by atoms with van der Waals surface area (Å²) >= 11 is 2.15. The van der Waals surface area contributed by atoms with Gasteiger partial charge in [-0.1, -0.05) is 6.07 Å². The van der Waals surface area contributed by atoms with Crippen LogP contribution in [0.25, 0.3) is 0 Å². The maximum absolute atomic E-state index is 14.1. The first-order valence-electron chi connectivity index (χ1n) is 10.4. The van der Waals surface area contributed by atoms with E-state index in [2.05, 4.69) is 22.6 Å². The molecular weight excluding hydrogens is 539 g/mol. The molecule has 1 saturated heterocycles. The van der Waals surface area contributed by atoms with Gasteiger partial charge in [0.2, 0.25) is 15.9 Å². The molecule has 1 atom stereocenters. The van der Waals surface area contributed by atoms with Crippen LogP contribution >= 0.6 is 22.6 Å². The lowest BCUT2D eigenvalue weighted by molar-refractivity contribution is -0.122. The Morgan fingerprint density at radius 2 is 1.47 bits per heavy atom. The van der Waals surface area contributed by atoms with Gasteiger partial charge in [0.1, 0.15) is 6.04 Å². The molecule has 0 aliphatic carbocycles. The summed E-state index contributed by atoms with van der Waals surface area (Å²) < 4.78 is 30.4. The molecule has 1 fully saturated rings. The highest BCUT2D eigenvalue weighted by Crippen LogP contribution is 2.37. The van der Waals surface area contributed by atoms with Gasteiger partial charge in [-0.25, -0.2) is 13.3 Å². The van der Waals surface area contributed by atoms with E-state index in [-0.39, 0.29) is 11.3 Å². The van der Waals surface area contributed by atoms with Crippen molar-refractivity contribution in [1.82, 2.24) is 4.31 Å². The molecule has 0 aromatic heterocycles. The van der Waals surface area contributed by atoms with Crippen molar-refractivity contribution >= 4 is 50.1 Å². The molecular formula is C24H29IN2O4S. The van der Waals surface area contributed by atoms with Gasteiger partial charge in [-0.05, 0) is 118 Å². The fraction of sp³-hybridized carbons (Fsp3) is 0.417. The van der Waals surface area contributed by atoms with Gasteiger partial charge in [-0.3, -0.25) is 9.59 Å². The molecule has 172 valence electrons. The normalized spacial score (nSPS) is 17.5. The van der Waals surface area contributed by atoms with E-state index in [1.165, 1.54) is 4.31 Å². The minimum absolute atomic E-state index is 0.190. The lowest BCUT2D eigenvalue weighted by Gasteiger charge is -2.38. The van der Waals surface area contributed by atoms with Crippen LogP contribution in [0, 0.1) is 31.3 Å². The van der Waals surface area contributed by atoms with Crippen LogP contribution in [0.15, 0.2) is 35.2 Å². The van der Waals surface area contributed by atoms with Crippen molar-refractivity contribution in [3.05, 3.63) is 56.2 Å². The zero-order valence-corrected chi connectivity index (χ0v) is 22.5. The standard InChI is InChI=1S/C24H29IN2O4S/c1-14-12-15(2)17(4)22(16(14)3)32(30,31)27(24(5,6)7)20-13-21(28)26(23(20)29)19-10-8-18(25)9-11-19/h8-12,20H,13H2,1-7H3. The highest BCUT2D eigenvalue weighted by molar-refractivity contribution is 14.1. The second kappa shape index (κ2) is 8.53. The predicted octanol–water partition coefficient (Wildman–Crippen LogP) is 4.65. The third kappa shape index (κ3) is 4.24. The van der Waals surface area contributed by atoms with Gasteiger partial charge in [0.05, 0.1) is 17.0 Å². The van der Waals surface area contributed by atoms with Crippen molar-refractivity contribution in [1.29, 1.82) is 0 Å². The van der Waals surface area contributed by atoms with Crippen molar-refractivity contribution in [2.75, 3.05) is 4.90 Å². The van der Waals surface area contributed by atoms with Crippen molar-refractivity contribution in [2.45, 2.75) is 71.4 Å². The van der Waals surface area contributed by atoms with Gasteiger partial charge in [-0.15, -0.1) is 0 Å². The van der Waals surface area contributed by atoms with Gasteiger partial charge < -0.3 is 0 Å². The number of aryl methyl sites for hydroxylation is 2. The van der Waals surface area contributed by atoms with E-state index in [9.17, 15) is 18.0 Å². The molecule has 0 bridgehead atoms. The van der Waals surface area contributed by atoms with Gasteiger partial charge >= 0.3 is 0 Å². The smallest absolute Gasteiger partial charge is 0.252 e. The van der Waals surface area contributed by atoms with Crippen LogP contribution in [0.1, 0.15) is 49.4 Å². The van der Waals surface area contributed by atoms with Crippen LogP contribution in [-0.2, 0) is 19.6 Å². The molecule has 0 radical (unpaired) electrons. The second-order valence-corrected chi connectivity index (χ2v) is 12.3. The number of hydrogen-bond acceptors (Lipinski definition) is 4. The fourth-order valence-electron chi connectivity index (χ4n) is 4.32. The number of rotatable bonds is 4. The maximum Gasteiger partial charge on any atom is 0.252 e. The number of anilines is 1. The van der Waals surface area contributed by atoms with Gasteiger partial charge in [0, 0.05) is 9.11 Å². The molecule has 2 aromatic carbocycles. The van der Waals surface area contributed by atoms with E-state index >= 15 is 0 Å². The van der Waals surface area contributed by atoms with Crippen LogP contribution in [0.5, 0.6) is 0 Å². The van der Waals surface area contributed by atoms with E-state index in [1.807, 2.05) is 32.0 Å². The minimum Gasteiger partial charge on any atom is -0.274 e. The molecule has 1 aliphatic rings. The molecule has 0 saturated carbocycles. The highest BCUT2D eigenvalue weighted by atomic mass is 127. The van der Waals surface area contributed by atoms with Crippen LogP contribution in [0.2, 0.25) is 0 Å². The molecule has 2 amide bonds. The number of imide groups is 1. The predicted molar refractivity (Wildman–Crippen MR) is 134 cm³/mol. The molecule has 1 unspecified atom stereocenters. The fourth-order valence-corrected chi connectivity index (χ4v) is 7.19. The monoisotopic (exact) mass is 568 g/mol. The van der Waals surface area contributed by atoms with Crippen LogP contribution in [0.3, 0.4) is 0 Å². The van der Waals surface area contributed by atoms with Gasteiger partial charge in [-0.2, -0.15) is 4.31 Å². The van der Waals surface area contributed by atoms with Crippen molar-refractivity contribution < 1.29 is 18.0 Å². The Morgan fingerprint density at radius 1 is 0.969 bits per heavy atom. The number of halogens is 1. The van der Waals surface area contributed by atoms with Crippen LogP contribution in [0.4, 0.5) is 5.69 Å².